The molecule has 2 aromatic carbocycles. The number of amides is 1. The van der Waals surface area contributed by atoms with Gasteiger partial charge in [0.15, 0.2) is 5.60 Å². The van der Waals surface area contributed by atoms with E-state index in [4.69, 9.17) is 0 Å². The van der Waals surface area contributed by atoms with Gasteiger partial charge in [0.25, 0.3) is 5.91 Å². The van der Waals surface area contributed by atoms with Crippen LogP contribution in [0.2, 0.25) is 0 Å². The van der Waals surface area contributed by atoms with Gasteiger partial charge in [0.2, 0.25) is 0 Å². The predicted octanol–water partition coefficient (Wildman–Crippen LogP) is 4.68. The van der Waals surface area contributed by atoms with Crippen molar-refractivity contribution in [3.8, 4) is 0 Å². The molecule has 1 heterocycles. The van der Waals surface area contributed by atoms with E-state index in [1.807, 2.05) is 35.2 Å². The Balaban J connectivity index is 1.25. The molecule has 33 heavy (non-hydrogen) atoms. The van der Waals surface area contributed by atoms with Crippen LogP contribution in [-0.4, -0.2) is 47.0 Å². The van der Waals surface area contributed by atoms with E-state index in [0.29, 0.717) is 24.3 Å². The summed E-state index contributed by atoms with van der Waals surface area (Å²) in [6.45, 7) is 6.77. The zero-order valence-electron chi connectivity index (χ0n) is 19.9. The molecule has 3 fully saturated rings. The molecule has 5 rings (SSSR count). The van der Waals surface area contributed by atoms with Crippen LogP contribution < -0.4 is 0 Å². The third kappa shape index (κ3) is 4.48. The second-order valence-corrected chi connectivity index (χ2v) is 10.5. The molecule has 176 valence electrons. The Morgan fingerprint density at radius 2 is 1.58 bits per heavy atom. The smallest absolute Gasteiger partial charge is 0.259 e. The quantitative estimate of drug-likeness (QED) is 0.640. The summed E-state index contributed by atoms with van der Waals surface area (Å²) in [6.07, 6.45) is 5.26. The monoisotopic (exact) mass is 446 g/mol. The number of hydrogen-bond acceptors (Lipinski definition) is 3. The summed E-state index contributed by atoms with van der Waals surface area (Å²) in [5.74, 6) is 1.89. The Bertz CT molecular complexity index is 915. The Morgan fingerprint density at radius 3 is 2.18 bits per heavy atom. The van der Waals surface area contributed by atoms with Gasteiger partial charge in [-0.05, 0) is 48.6 Å². The SMILES string of the molecule is CCN(CC1C2CN(Cc3ccccc3)C[C@@H]21)C(=O)[C@@](O)(c1ccccc1)C1CCCCC1. The summed E-state index contributed by atoms with van der Waals surface area (Å²) in [4.78, 5) is 18.5. The first-order valence-electron chi connectivity index (χ1n) is 12.9. The number of carbonyl (C=O) groups excluding carboxylic acids is 1. The average Bonchev–Trinajstić information content (AvgIpc) is 3.31. The first-order valence-corrected chi connectivity index (χ1v) is 12.9. The number of carbonyl (C=O) groups is 1. The molecular weight excluding hydrogens is 408 g/mol. The lowest BCUT2D eigenvalue weighted by Crippen LogP contribution is -2.52. The summed E-state index contributed by atoms with van der Waals surface area (Å²) >= 11 is 0. The van der Waals surface area contributed by atoms with E-state index in [2.05, 4.69) is 42.2 Å². The summed E-state index contributed by atoms with van der Waals surface area (Å²) in [7, 11) is 0. The number of nitrogens with zero attached hydrogens (tertiary/aromatic N) is 2. The molecule has 3 aliphatic rings. The molecule has 2 aliphatic carbocycles. The number of likely N-dealkylation sites (N-methyl/N-ethyl adjacent to an activating group) is 1. The van der Waals surface area contributed by atoms with Gasteiger partial charge in [-0.15, -0.1) is 0 Å². The Hall–Kier alpha value is -2.17. The molecule has 0 radical (unpaired) electrons. The zero-order chi connectivity index (χ0) is 22.8. The molecular formula is C29H38N2O2. The normalized spacial score (nSPS) is 27.0. The lowest BCUT2D eigenvalue weighted by molar-refractivity contribution is -0.161. The average molecular weight is 447 g/mol. The van der Waals surface area contributed by atoms with Crippen LogP contribution >= 0.6 is 0 Å². The van der Waals surface area contributed by atoms with E-state index in [-0.39, 0.29) is 11.8 Å². The third-order valence-corrected chi connectivity index (χ3v) is 8.53. The summed E-state index contributed by atoms with van der Waals surface area (Å²) in [5, 5.41) is 12.0. The lowest BCUT2D eigenvalue weighted by atomic mass is 9.72. The lowest BCUT2D eigenvalue weighted by Gasteiger charge is -2.41. The Labute approximate surface area is 198 Å². The van der Waals surface area contributed by atoms with Crippen LogP contribution in [0.4, 0.5) is 0 Å². The minimum Gasteiger partial charge on any atom is -0.375 e. The molecule has 2 saturated carbocycles. The number of rotatable bonds is 8. The standard InChI is InChI=1S/C29H38N2O2/c1-2-31(21-27-25-19-30(20-26(25)27)18-22-12-6-3-7-13-22)28(32)29(33,23-14-8-4-9-15-23)24-16-10-5-11-17-24/h3-4,6-9,12-15,24-27,33H,2,5,10-11,16-21H2,1H3/t25-,26?,27?,29+/m0/s1. The van der Waals surface area contributed by atoms with Crippen molar-refractivity contribution < 1.29 is 9.90 Å². The number of benzene rings is 2. The van der Waals surface area contributed by atoms with Gasteiger partial charge in [-0.25, -0.2) is 0 Å². The van der Waals surface area contributed by atoms with E-state index < -0.39 is 5.60 Å². The van der Waals surface area contributed by atoms with Crippen molar-refractivity contribution in [2.24, 2.45) is 23.7 Å². The van der Waals surface area contributed by atoms with Crippen LogP contribution in [-0.2, 0) is 16.9 Å². The third-order valence-electron chi connectivity index (χ3n) is 8.53. The molecule has 4 nitrogen and oxygen atoms in total. The molecule has 1 amide bonds. The van der Waals surface area contributed by atoms with Gasteiger partial charge in [-0.3, -0.25) is 9.69 Å². The molecule has 0 aromatic heterocycles. The summed E-state index contributed by atoms with van der Waals surface area (Å²) < 4.78 is 0. The highest BCUT2D eigenvalue weighted by atomic mass is 16.3. The molecule has 1 saturated heterocycles. The van der Waals surface area contributed by atoms with Crippen molar-refractivity contribution in [2.75, 3.05) is 26.2 Å². The van der Waals surface area contributed by atoms with E-state index in [1.165, 1.54) is 12.0 Å². The molecule has 2 aromatic rings. The highest BCUT2D eigenvalue weighted by Gasteiger charge is 2.57. The first-order chi connectivity index (χ1) is 16.1. The molecule has 4 heteroatoms. The van der Waals surface area contributed by atoms with Gasteiger partial charge in [-0.2, -0.15) is 0 Å². The van der Waals surface area contributed by atoms with Crippen molar-refractivity contribution in [1.29, 1.82) is 0 Å². The van der Waals surface area contributed by atoms with Gasteiger partial charge < -0.3 is 10.0 Å². The summed E-state index contributed by atoms with van der Waals surface area (Å²) in [6, 6.07) is 20.4. The van der Waals surface area contributed by atoms with Gasteiger partial charge in [0, 0.05) is 38.6 Å². The Morgan fingerprint density at radius 1 is 0.970 bits per heavy atom. The van der Waals surface area contributed by atoms with Crippen molar-refractivity contribution in [1.82, 2.24) is 9.80 Å². The van der Waals surface area contributed by atoms with Crippen molar-refractivity contribution in [3.05, 3.63) is 71.8 Å². The predicted molar refractivity (Wildman–Crippen MR) is 131 cm³/mol. The largest absolute Gasteiger partial charge is 0.375 e. The molecule has 4 atom stereocenters. The van der Waals surface area contributed by atoms with Crippen LogP contribution in [0.1, 0.15) is 50.2 Å². The minimum absolute atomic E-state index is 0.00951. The van der Waals surface area contributed by atoms with Crippen molar-refractivity contribution in [3.63, 3.8) is 0 Å². The number of aliphatic hydroxyl groups is 1. The number of likely N-dealkylation sites (tertiary alicyclic amines) is 1. The second kappa shape index (κ2) is 9.60. The van der Waals surface area contributed by atoms with Gasteiger partial charge in [0.05, 0.1) is 0 Å². The topological polar surface area (TPSA) is 43.8 Å². The van der Waals surface area contributed by atoms with E-state index in [0.717, 1.165) is 57.4 Å². The van der Waals surface area contributed by atoms with E-state index >= 15 is 0 Å². The molecule has 0 bridgehead atoms. The fourth-order valence-corrected chi connectivity index (χ4v) is 6.58. The van der Waals surface area contributed by atoms with E-state index in [1.54, 1.807) is 0 Å². The van der Waals surface area contributed by atoms with E-state index in [9.17, 15) is 9.90 Å². The second-order valence-electron chi connectivity index (χ2n) is 10.5. The van der Waals surface area contributed by atoms with Gasteiger partial charge in [-0.1, -0.05) is 79.9 Å². The fourth-order valence-electron chi connectivity index (χ4n) is 6.58. The molecule has 1 N–H and O–H groups in total. The van der Waals surface area contributed by atoms with Gasteiger partial charge in [0.1, 0.15) is 0 Å². The van der Waals surface area contributed by atoms with Crippen molar-refractivity contribution in [2.45, 2.75) is 51.2 Å². The maximum absolute atomic E-state index is 13.9. The van der Waals surface area contributed by atoms with Crippen LogP contribution in [0.5, 0.6) is 0 Å². The molecule has 2 unspecified atom stereocenters. The van der Waals surface area contributed by atoms with Gasteiger partial charge >= 0.3 is 0 Å². The van der Waals surface area contributed by atoms with Crippen molar-refractivity contribution >= 4 is 5.91 Å². The maximum Gasteiger partial charge on any atom is 0.259 e. The zero-order valence-corrected chi connectivity index (χ0v) is 19.9. The first kappa shape index (κ1) is 22.6. The molecule has 0 spiro atoms. The highest BCUT2D eigenvalue weighted by Crippen LogP contribution is 2.52. The maximum atomic E-state index is 13.9. The fraction of sp³-hybridized carbons (Fsp3) is 0.552. The van der Waals surface area contributed by atoms with Crippen LogP contribution in [0.25, 0.3) is 0 Å². The molecule has 1 aliphatic heterocycles. The number of hydrogen-bond donors (Lipinski definition) is 1. The van der Waals surface area contributed by atoms with Crippen LogP contribution in [0, 0.1) is 23.7 Å². The van der Waals surface area contributed by atoms with Crippen LogP contribution in [0.15, 0.2) is 60.7 Å². The summed E-state index contributed by atoms with van der Waals surface area (Å²) in [5.41, 5.74) is 0.743. The highest BCUT2D eigenvalue weighted by molar-refractivity contribution is 5.87. The number of fused-ring (bicyclic) bond motifs is 1. The Kier molecular flexibility index (Phi) is 6.58. The number of piperidine rings is 1. The minimum atomic E-state index is -1.40. The van der Waals surface area contributed by atoms with Crippen LogP contribution in [0.3, 0.4) is 0 Å².